The summed E-state index contributed by atoms with van der Waals surface area (Å²) in [6.45, 7) is 3.49. The first-order valence-electron chi connectivity index (χ1n) is 10.1. The number of halogens is 2. The van der Waals surface area contributed by atoms with Crippen LogP contribution in [-0.2, 0) is 24.7 Å². The fourth-order valence-electron chi connectivity index (χ4n) is 4.26. The highest BCUT2D eigenvalue weighted by Crippen LogP contribution is 2.44. The first-order valence-corrected chi connectivity index (χ1v) is 10.5. The zero-order chi connectivity index (χ0) is 23.0. The van der Waals surface area contributed by atoms with Gasteiger partial charge in [-0.15, -0.1) is 0 Å². The van der Waals surface area contributed by atoms with Gasteiger partial charge in [0.1, 0.15) is 17.1 Å². The molecule has 1 aliphatic rings. The number of aromatic nitrogens is 4. The minimum atomic E-state index is -0.368. The van der Waals surface area contributed by atoms with E-state index in [4.69, 9.17) is 16.3 Å². The summed E-state index contributed by atoms with van der Waals surface area (Å²) in [5.74, 6) is -0.405. The van der Waals surface area contributed by atoms with Gasteiger partial charge in [0, 0.05) is 37.0 Å². The number of nitrogens with one attached hydrogen (secondary N) is 3. The molecule has 1 atom stereocenters. The Kier molecular flexibility index (Phi) is 5.92. The monoisotopic (exact) mass is 458 g/mol. The van der Waals surface area contributed by atoms with Gasteiger partial charge in [-0.25, -0.2) is 4.39 Å². The number of hydrogen-bond donors (Lipinski definition) is 3. The fraction of sp³-hybridized carbons (Fsp3) is 0.318. The average Bonchev–Trinajstić information content (AvgIpc) is 3.36. The fourth-order valence-corrected chi connectivity index (χ4v) is 4.63. The lowest BCUT2D eigenvalue weighted by Gasteiger charge is -2.25. The quantitative estimate of drug-likeness (QED) is 0.484. The molecule has 2 heterocycles. The summed E-state index contributed by atoms with van der Waals surface area (Å²) in [6.07, 6.45) is 4.66. The van der Waals surface area contributed by atoms with Crippen LogP contribution in [0.2, 0.25) is 5.02 Å². The average molecular weight is 459 g/mol. The maximum absolute atomic E-state index is 15.2. The largest absolute Gasteiger partial charge is 0.495 e. The molecule has 1 unspecified atom stereocenters. The summed E-state index contributed by atoms with van der Waals surface area (Å²) in [5, 5.41) is 17.8. The molecular formula is C22H24ClFN6O2. The highest BCUT2D eigenvalue weighted by atomic mass is 35.5. The Balaban J connectivity index is 1.71. The van der Waals surface area contributed by atoms with Gasteiger partial charge in [-0.1, -0.05) is 18.2 Å². The molecule has 1 amide bonds. The van der Waals surface area contributed by atoms with Crippen molar-refractivity contribution in [1.29, 1.82) is 0 Å². The number of amides is 1. The van der Waals surface area contributed by atoms with E-state index in [0.717, 1.165) is 11.3 Å². The Bertz CT molecular complexity index is 1170. The summed E-state index contributed by atoms with van der Waals surface area (Å²) in [7, 11) is 4.96. The predicted octanol–water partition coefficient (Wildman–Crippen LogP) is 4.05. The van der Waals surface area contributed by atoms with Crippen molar-refractivity contribution in [2.24, 2.45) is 7.05 Å². The number of ether oxygens (including phenoxy) is 1. The number of benzene rings is 1. The van der Waals surface area contributed by atoms with E-state index in [2.05, 4.69) is 32.5 Å². The third-order valence-corrected chi connectivity index (χ3v) is 6.24. The van der Waals surface area contributed by atoms with E-state index < -0.39 is 0 Å². The van der Waals surface area contributed by atoms with Gasteiger partial charge < -0.3 is 15.4 Å². The number of hydrogen-bond acceptors (Lipinski definition) is 5. The van der Waals surface area contributed by atoms with Gasteiger partial charge in [0.2, 0.25) is 5.91 Å². The molecule has 168 valence electrons. The summed E-state index contributed by atoms with van der Waals surface area (Å²) >= 11 is 6.52. The minimum Gasteiger partial charge on any atom is -0.495 e. The van der Waals surface area contributed by atoms with Crippen molar-refractivity contribution in [3.63, 3.8) is 0 Å². The molecule has 0 radical (unpaired) electrons. The molecule has 0 aliphatic heterocycles. The van der Waals surface area contributed by atoms with E-state index in [9.17, 15) is 4.79 Å². The van der Waals surface area contributed by atoms with Crippen molar-refractivity contribution in [3.8, 4) is 17.1 Å². The Hall–Kier alpha value is -3.33. The molecule has 3 N–H and O–H groups in total. The van der Waals surface area contributed by atoms with Gasteiger partial charge in [0.05, 0.1) is 29.7 Å². The highest BCUT2D eigenvalue weighted by Gasteiger charge is 2.31. The lowest BCUT2D eigenvalue weighted by molar-refractivity contribution is -0.111. The van der Waals surface area contributed by atoms with Crippen LogP contribution in [0.5, 0.6) is 5.75 Å². The minimum absolute atomic E-state index is 0.142. The van der Waals surface area contributed by atoms with Crippen LogP contribution in [0.3, 0.4) is 0 Å². The Labute approximate surface area is 189 Å². The van der Waals surface area contributed by atoms with Gasteiger partial charge in [-0.05, 0) is 31.3 Å². The van der Waals surface area contributed by atoms with Crippen molar-refractivity contribution >= 4 is 28.9 Å². The standard InChI is InChI=1S/C22H24ClFN6O2/c1-5-17(31)27-15-10-26-30(3)22(15)21-12-7-6-11(8-13(12)28-29-21)18-19(23)16(32-4)9-14(25-2)20(18)24/h5,9-11,25H,1,6-8H2,2-4H3,(H,27,31)(H,28,29). The zero-order valence-corrected chi connectivity index (χ0v) is 18.8. The van der Waals surface area contributed by atoms with Crippen molar-refractivity contribution in [2.75, 3.05) is 24.8 Å². The zero-order valence-electron chi connectivity index (χ0n) is 18.1. The van der Waals surface area contributed by atoms with E-state index in [1.54, 1.807) is 31.0 Å². The van der Waals surface area contributed by atoms with E-state index in [1.807, 2.05) is 0 Å². The first kappa shape index (κ1) is 21.9. The number of carbonyl (C=O) groups excluding carboxylic acids is 1. The molecule has 8 nitrogen and oxygen atoms in total. The Morgan fingerprint density at radius 1 is 1.47 bits per heavy atom. The van der Waals surface area contributed by atoms with Crippen LogP contribution >= 0.6 is 11.6 Å². The van der Waals surface area contributed by atoms with Crippen LogP contribution < -0.4 is 15.4 Å². The molecule has 10 heteroatoms. The second-order valence-corrected chi connectivity index (χ2v) is 7.99. The van der Waals surface area contributed by atoms with Crippen LogP contribution in [-0.4, -0.2) is 40.0 Å². The highest BCUT2D eigenvalue weighted by molar-refractivity contribution is 6.33. The number of fused-ring (bicyclic) bond motifs is 1. The molecule has 0 bridgehead atoms. The second-order valence-electron chi connectivity index (χ2n) is 7.61. The van der Waals surface area contributed by atoms with Crippen LogP contribution in [0.25, 0.3) is 11.4 Å². The van der Waals surface area contributed by atoms with Crippen LogP contribution in [0, 0.1) is 5.82 Å². The van der Waals surface area contributed by atoms with E-state index >= 15 is 4.39 Å². The lowest BCUT2D eigenvalue weighted by atomic mass is 9.81. The number of rotatable bonds is 6. The molecule has 0 fully saturated rings. The second kappa shape index (κ2) is 8.66. The van der Waals surface area contributed by atoms with Gasteiger partial charge in [-0.3, -0.25) is 14.6 Å². The molecule has 1 aliphatic carbocycles. The Morgan fingerprint density at radius 2 is 2.25 bits per heavy atom. The third-order valence-electron chi connectivity index (χ3n) is 5.85. The van der Waals surface area contributed by atoms with Crippen molar-refractivity contribution < 1.29 is 13.9 Å². The topological polar surface area (TPSA) is 96.9 Å². The molecule has 0 spiro atoms. The van der Waals surface area contributed by atoms with Gasteiger partial charge in [-0.2, -0.15) is 10.2 Å². The van der Waals surface area contributed by atoms with Gasteiger partial charge in [0.15, 0.2) is 5.82 Å². The first-order chi connectivity index (χ1) is 15.4. The lowest BCUT2D eigenvalue weighted by Crippen LogP contribution is -2.16. The number of anilines is 2. The van der Waals surface area contributed by atoms with Crippen LogP contribution in [0.1, 0.15) is 29.2 Å². The summed E-state index contributed by atoms with van der Waals surface area (Å²) in [4.78, 5) is 11.8. The van der Waals surface area contributed by atoms with Gasteiger partial charge in [0.25, 0.3) is 0 Å². The van der Waals surface area contributed by atoms with Crippen LogP contribution in [0.4, 0.5) is 15.8 Å². The molecule has 0 saturated heterocycles. The Morgan fingerprint density at radius 3 is 2.94 bits per heavy atom. The van der Waals surface area contributed by atoms with Crippen molar-refractivity contribution in [1.82, 2.24) is 20.0 Å². The number of aryl methyl sites for hydroxylation is 1. The molecule has 2 aromatic heterocycles. The number of carbonyl (C=O) groups is 1. The third kappa shape index (κ3) is 3.62. The molecule has 0 saturated carbocycles. The molecular weight excluding hydrogens is 435 g/mol. The number of aromatic amines is 1. The molecule has 3 aromatic rings. The van der Waals surface area contributed by atoms with E-state index in [-0.39, 0.29) is 17.6 Å². The SMILES string of the molecule is C=CC(=O)Nc1cnn(C)c1-c1n[nH]c2c1CCC(c1c(F)c(NC)cc(OC)c1Cl)C2. The number of methoxy groups -OCH3 is 1. The number of H-pyrrole nitrogens is 1. The van der Waals surface area contributed by atoms with E-state index in [1.165, 1.54) is 13.2 Å². The normalized spacial score (nSPS) is 15.2. The maximum Gasteiger partial charge on any atom is 0.247 e. The van der Waals surface area contributed by atoms with Crippen molar-refractivity contribution in [2.45, 2.75) is 25.2 Å². The molecule has 32 heavy (non-hydrogen) atoms. The van der Waals surface area contributed by atoms with Gasteiger partial charge >= 0.3 is 0 Å². The molecule has 4 rings (SSSR count). The molecule has 1 aromatic carbocycles. The number of nitrogens with zero attached hydrogens (tertiary/aromatic N) is 3. The van der Waals surface area contributed by atoms with Crippen LogP contribution in [0.15, 0.2) is 24.9 Å². The maximum atomic E-state index is 15.2. The smallest absolute Gasteiger partial charge is 0.247 e. The van der Waals surface area contributed by atoms with Crippen molar-refractivity contribution in [3.05, 3.63) is 52.6 Å². The summed E-state index contributed by atoms with van der Waals surface area (Å²) < 4.78 is 22.2. The van der Waals surface area contributed by atoms with E-state index in [0.29, 0.717) is 58.4 Å². The summed E-state index contributed by atoms with van der Waals surface area (Å²) in [6, 6.07) is 1.56. The summed E-state index contributed by atoms with van der Waals surface area (Å²) in [5.41, 5.74) is 4.67. The predicted molar refractivity (Wildman–Crippen MR) is 122 cm³/mol.